The lowest BCUT2D eigenvalue weighted by molar-refractivity contribution is 0.00337. The predicted molar refractivity (Wildman–Crippen MR) is 151 cm³/mol. The lowest BCUT2D eigenvalue weighted by Gasteiger charge is -2.35. The van der Waals surface area contributed by atoms with Crippen LogP contribution in [0.2, 0.25) is 0 Å². The van der Waals surface area contributed by atoms with Gasteiger partial charge < -0.3 is 25.0 Å². The summed E-state index contributed by atoms with van der Waals surface area (Å²) in [6.07, 6.45) is 5.76. The molecule has 1 atom stereocenters. The van der Waals surface area contributed by atoms with E-state index in [9.17, 15) is 18.3 Å². The molecule has 6 rings (SSSR count). The van der Waals surface area contributed by atoms with Gasteiger partial charge >= 0.3 is 0 Å². The maximum Gasteiger partial charge on any atom is 0.258 e. The molecule has 1 spiro atoms. The van der Waals surface area contributed by atoms with Crippen LogP contribution in [0.3, 0.4) is 0 Å². The van der Waals surface area contributed by atoms with Crippen molar-refractivity contribution in [3.63, 3.8) is 0 Å². The van der Waals surface area contributed by atoms with E-state index in [1.165, 1.54) is 12.8 Å². The number of amides is 1. The monoisotopic (exact) mass is 555 g/mol. The number of ether oxygens (including phenoxy) is 1. The van der Waals surface area contributed by atoms with Gasteiger partial charge in [-0.25, -0.2) is 13.4 Å². The van der Waals surface area contributed by atoms with E-state index in [1.54, 1.807) is 31.2 Å². The number of piperidine rings is 1. The summed E-state index contributed by atoms with van der Waals surface area (Å²) in [7, 11) is -3.51. The Morgan fingerprint density at radius 2 is 1.85 bits per heavy atom. The van der Waals surface area contributed by atoms with Crippen molar-refractivity contribution >= 4 is 38.9 Å². The smallest absolute Gasteiger partial charge is 0.258 e. The van der Waals surface area contributed by atoms with Crippen LogP contribution >= 0.6 is 0 Å². The molecule has 0 radical (unpaired) electrons. The maximum absolute atomic E-state index is 13.6. The minimum atomic E-state index is -3.51. The van der Waals surface area contributed by atoms with Gasteiger partial charge in [0.15, 0.2) is 0 Å². The Morgan fingerprint density at radius 3 is 2.54 bits per heavy atom. The van der Waals surface area contributed by atoms with Gasteiger partial charge in [0.1, 0.15) is 11.6 Å². The van der Waals surface area contributed by atoms with Gasteiger partial charge in [-0.1, -0.05) is 6.07 Å². The number of carbonyl (C=O) groups excluding carboxylic acids is 1. The quantitative estimate of drug-likeness (QED) is 0.454. The summed E-state index contributed by atoms with van der Waals surface area (Å²) in [5.74, 6) is 0.844. The Kier molecular flexibility index (Phi) is 6.71. The number of hydrogen-bond acceptors (Lipinski definition) is 8. The molecule has 3 heterocycles. The minimum absolute atomic E-state index is 0.0568. The molecule has 2 saturated carbocycles. The van der Waals surface area contributed by atoms with Gasteiger partial charge in [-0.3, -0.25) is 9.52 Å². The molecular formula is C28H37N5O5S. The Labute approximate surface area is 229 Å². The molecule has 2 aliphatic carbocycles. The van der Waals surface area contributed by atoms with Crippen molar-refractivity contribution in [1.29, 1.82) is 0 Å². The highest BCUT2D eigenvalue weighted by Gasteiger charge is 2.50. The number of aliphatic hydroxyl groups excluding tert-OH is 1. The number of aromatic nitrogens is 1. The normalized spacial score (nSPS) is 23.4. The molecule has 0 bridgehead atoms. The summed E-state index contributed by atoms with van der Waals surface area (Å²) in [6.45, 7) is 5.06. The van der Waals surface area contributed by atoms with E-state index in [1.807, 2.05) is 17.0 Å². The standard InChI is InChI=1S/C28H37N5O5S/c1-27(7-8-27)39(36,37)31-20-5-6-22(23(17-20)32-13-11-28(9-10-28)12-14-32)26(35)30-24-3-2-4-25(29-24)33-15-16-38-21(18-33)19-34/h2-6,17,21,31,34H,7-16,18-19H2,1H3,(H,29,30,35)/t21-/m0/s1. The molecular weight excluding hydrogens is 518 g/mol. The molecule has 210 valence electrons. The second-order valence-electron chi connectivity index (χ2n) is 11.7. The number of rotatable bonds is 8. The van der Waals surface area contributed by atoms with Crippen molar-refractivity contribution in [2.24, 2.45) is 5.41 Å². The number of anilines is 4. The van der Waals surface area contributed by atoms with Crippen LogP contribution in [0.4, 0.5) is 23.0 Å². The Morgan fingerprint density at radius 1 is 1.08 bits per heavy atom. The van der Waals surface area contributed by atoms with Crippen molar-refractivity contribution in [3.8, 4) is 0 Å². The number of nitrogens with one attached hydrogen (secondary N) is 2. The first kappa shape index (κ1) is 26.3. The van der Waals surface area contributed by atoms with Gasteiger partial charge in [-0.15, -0.1) is 0 Å². The van der Waals surface area contributed by atoms with Crippen LogP contribution in [0.5, 0.6) is 0 Å². The first-order valence-electron chi connectivity index (χ1n) is 13.9. The van der Waals surface area contributed by atoms with Crippen LogP contribution < -0.4 is 19.8 Å². The third-order valence-electron chi connectivity index (χ3n) is 8.86. The molecule has 11 heteroatoms. The van der Waals surface area contributed by atoms with E-state index in [4.69, 9.17) is 4.74 Å². The lowest BCUT2D eigenvalue weighted by atomic mass is 9.93. The molecule has 0 unspecified atom stereocenters. The minimum Gasteiger partial charge on any atom is -0.394 e. The number of aliphatic hydroxyl groups is 1. The molecule has 10 nitrogen and oxygen atoms in total. The van der Waals surface area contributed by atoms with E-state index >= 15 is 0 Å². The summed E-state index contributed by atoms with van der Waals surface area (Å²) in [6, 6.07) is 10.6. The van der Waals surface area contributed by atoms with Crippen molar-refractivity contribution in [2.75, 3.05) is 59.2 Å². The molecule has 39 heavy (non-hydrogen) atoms. The number of pyridine rings is 1. The highest BCUT2D eigenvalue weighted by molar-refractivity contribution is 7.94. The molecule has 1 aromatic heterocycles. The highest BCUT2D eigenvalue weighted by Crippen LogP contribution is 2.54. The number of carbonyl (C=O) groups is 1. The van der Waals surface area contributed by atoms with Crippen LogP contribution in [0.25, 0.3) is 0 Å². The Hall–Kier alpha value is -2.89. The van der Waals surface area contributed by atoms with Gasteiger partial charge in [-0.2, -0.15) is 0 Å². The second-order valence-corrected chi connectivity index (χ2v) is 13.9. The largest absolute Gasteiger partial charge is 0.394 e. The van der Waals surface area contributed by atoms with E-state index in [0.717, 1.165) is 31.6 Å². The maximum atomic E-state index is 13.6. The van der Waals surface area contributed by atoms with Crippen molar-refractivity contribution in [2.45, 2.75) is 56.3 Å². The molecule has 2 aliphatic heterocycles. The third-order valence-corrected chi connectivity index (χ3v) is 11.1. The van der Waals surface area contributed by atoms with Gasteiger partial charge in [0, 0.05) is 26.2 Å². The van der Waals surface area contributed by atoms with Gasteiger partial charge in [0.25, 0.3) is 5.91 Å². The van der Waals surface area contributed by atoms with Crippen LogP contribution in [0.1, 0.15) is 55.8 Å². The lowest BCUT2D eigenvalue weighted by Crippen LogP contribution is -2.44. The van der Waals surface area contributed by atoms with E-state index in [0.29, 0.717) is 60.8 Å². The molecule has 4 fully saturated rings. The fourth-order valence-corrected chi connectivity index (χ4v) is 6.88. The highest BCUT2D eigenvalue weighted by atomic mass is 32.2. The summed E-state index contributed by atoms with van der Waals surface area (Å²) < 4.78 is 33.4. The Balaban J connectivity index is 1.24. The Bertz CT molecular complexity index is 1350. The topological polar surface area (TPSA) is 124 Å². The first-order chi connectivity index (χ1) is 18.7. The molecule has 4 aliphatic rings. The molecule has 1 amide bonds. The van der Waals surface area contributed by atoms with E-state index in [2.05, 4.69) is 19.9 Å². The zero-order valence-electron chi connectivity index (χ0n) is 22.4. The molecule has 3 N–H and O–H groups in total. The fraction of sp³-hybridized carbons (Fsp3) is 0.571. The van der Waals surface area contributed by atoms with Crippen LogP contribution in [-0.4, -0.2) is 74.7 Å². The average Bonchev–Trinajstić information content (AvgIpc) is 3.88. The van der Waals surface area contributed by atoms with Crippen molar-refractivity contribution < 1.29 is 23.1 Å². The summed E-state index contributed by atoms with van der Waals surface area (Å²) >= 11 is 0. The summed E-state index contributed by atoms with van der Waals surface area (Å²) in [5.41, 5.74) is 2.17. The average molecular weight is 556 g/mol. The number of morpholine rings is 1. The van der Waals surface area contributed by atoms with Gasteiger partial charge in [0.2, 0.25) is 10.0 Å². The second kappa shape index (κ2) is 9.94. The fourth-order valence-electron chi connectivity index (χ4n) is 5.56. The predicted octanol–water partition coefficient (Wildman–Crippen LogP) is 3.21. The van der Waals surface area contributed by atoms with Crippen LogP contribution in [0.15, 0.2) is 36.4 Å². The molecule has 1 aromatic carbocycles. The summed E-state index contributed by atoms with van der Waals surface area (Å²) in [4.78, 5) is 22.5. The summed E-state index contributed by atoms with van der Waals surface area (Å²) in [5, 5.41) is 12.4. The molecule has 2 saturated heterocycles. The van der Waals surface area contributed by atoms with Crippen molar-refractivity contribution in [3.05, 3.63) is 42.0 Å². The SMILES string of the molecule is CC1(S(=O)(=O)Nc2ccc(C(=O)Nc3cccc(N4CCO[C@H](CO)C4)n3)c(N3CCC4(CC3)CC4)c2)CC1. The van der Waals surface area contributed by atoms with Gasteiger partial charge in [0.05, 0.1) is 41.0 Å². The zero-order chi connectivity index (χ0) is 27.3. The third kappa shape index (κ3) is 5.44. The number of nitrogens with zero attached hydrogens (tertiary/aromatic N) is 3. The number of benzene rings is 1. The van der Waals surface area contributed by atoms with Crippen LogP contribution in [-0.2, 0) is 14.8 Å². The number of hydrogen-bond donors (Lipinski definition) is 3. The van der Waals surface area contributed by atoms with Crippen LogP contribution in [0, 0.1) is 5.41 Å². The molecule has 2 aromatic rings. The first-order valence-corrected chi connectivity index (χ1v) is 15.3. The van der Waals surface area contributed by atoms with E-state index in [-0.39, 0.29) is 18.6 Å². The zero-order valence-corrected chi connectivity index (χ0v) is 23.2. The van der Waals surface area contributed by atoms with E-state index < -0.39 is 14.8 Å². The van der Waals surface area contributed by atoms with Crippen molar-refractivity contribution in [1.82, 2.24) is 4.98 Å². The van der Waals surface area contributed by atoms with Gasteiger partial charge in [-0.05, 0) is 81.2 Å². The number of sulfonamides is 1.